The molecule has 3 rings (SSSR count). The number of hydrogen-bond acceptors (Lipinski definition) is 3. The van der Waals surface area contributed by atoms with Crippen LogP contribution in [0.2, 0.25) is 0 Å². The fourth-order valence-corrected chi connectivity index (χ4v) is 2.98. The summed E-state index contributed by atoms with van der Waals surface area (Å²) in [4.78, 5) is 23.9. The van der Waals surface area contributed by atoms with Crippen molar-refractivity contribution in [2.45, 2.75) is 25.4 Å². The van der Waals surface area contributed by atoms with E-state index in [4.69, 9.17) is 0 Å². The fourth-order valence-electron chi connectivity index (χ4n) is 2.98. The average Bonchev–Trinajstić information content (AvgIpc) is 2.93. The predicted molar refractivity (Wildman–Crippen MR) is 91.5 cm³/mol. The van der Waals surface area contributed by atoms with Gasteiger partial charge in [-0.05, 0) is 43.0 Å². The fraction of sp³-hybridized carbons (Fsp3) is 0.263. The smallest absolute Gasteiger partial charge is 0.313 e. The number of hydrogen-bond donors (Lipinski definition) is 3. The maximum Gasteiger partial charge on any atom is 0.313 e. The number of rotatable bonds is 3. The van der Waals surface area contributed by atoms with Gasteiger partial charge in [-0.1, -0.05) is 42.0 Å². The van der Waals surface area contributed by atoms with Crippen molar-refractivity contribution in [1.29, 1.82) is 0 Å². The number of carbonyl (C=O) groups excluding carboxylic acids is 2. The van der Waals surface area contributed by atoms with Gasteiger partial charge in [-0.15, -0.1) is 0 Å². The molecule has 0 heterocycles. The summed E-state index contributed by atoms with van der Waals surface area (Å²) in [5.41, 5.74) is 2.42. The first kappa shape index (κ1) is 16.2. The third-order valence-corrected chi connectivity index (χ3v) is 4.38. The Morgan fingerprint density at radius 3 is 2.54 bits per heavy atom. The molecule has 0 radical (unpaired) electrons. The van der Waals surface area contributed by atoms with Crippen LogP contribution in [-0.4, -0.2) is 23.5 Å². The largest absolute Gasteiger partial charge is 0.383 e. The Morgan fingerprint density at radius 2 is 1.79 bits per heavy atom. The van der Waals surface area contributed by atoms with Crippen LogP contribution in [0.4, 0.5) is 5.69 Å². The summed E-state index contributed by atoms with van der Waals surface area (Å²) in [6.45, 7) is 1.96. The van der Waals surface area contributed by atoms with E-state index in [-0.39, 0.29) is 6.54 Å². The van der Waals surface area contributed by atoms with E-state index in [9.17, 15) is 14.7 Å². The van der Waals surface area contributed by atoms with Gasteiger partial charge in [0, 0.05) is 5.69 Å². The Kier molecular flexibility index (Phi) is 4.36. The number of fused-ring (bicyclic) bond motifs is 1. The molecule has 0 spiro atoms. The van der Waals surface area contributed by atoms with Crippen molar-refractivity contribution in [3.05, 3.63) is 65.2 Å². The third kappa shape index (κ3) is 3.31. The average molecular weight is 324 g/mol. The number of carbonyl (C=O) groups is 2. The van der Waals surface area contributed by atoms with Crippen LogP contribution in [0, 0.1) is 6.92 Å². The first-order valence-electron chi connectivity index (χ1n) is 7.94. The second-order valence-corrected chi connectivity index (χ2v) is 6.19. The molecule has 2 amide bonds. The van der Waals surface area contributed by atoms with Gasteiger partial charge in [0.05, 0.1) is 6.54 Å². The minimum atomic E-state index is -1.11. The summed E-state index contributed by atoms with van der Waals surface area (Å²) in [5, 5.41) is 15.8. The molecule has 0 bridgehead atoms. The van der Waals surface area contributed by atoms with Gasteiger partial charge in [-0.25, -0.2) is 0 Å². The third-order valence-electron chi connectivity index (χ3n) is 4.38. The minimum absolute atomic E-state index is 0.0180. The molecule has 1 atom stereocenters. The van der Waals surface area contributed by atoms with Gasteiger partial charge in [-0.3, -0.25) is 9.59 Å². The van der Waals surface area contributed by atoms with Gasteiger partial charge < -0.3 is 15.7 Å². The molecule has 5 heteroatoms. The van der Waals surface area contributed by atoms with Crippen molar-refractivity contribution in [2.24, 2.45) is 0 Å². The van der Waals surface area contributed by atoms with E-state index >= 15 is 0 Å². The lowest BCUT2D eigenvalue weighted by Gasteiger charge is -2.24. The first-order valence-corrected chi connectivity index (χ1v) is 7.94. The Labute approximate surface area is 140 Å². The zero-order valence-electron chi connectivity index (χ0n) is 13.5. The Hall–Kier alpha value is -2.66. The topological polar surface area (TPSA) is 78.4 Å². The van der Waals surface area contributed by atoms with Crippen molar-refractivity contribution in [3.8, 4) is 0 Å². The normalized spacial score (nSPS) is 18.8. The van der Waals surface area contributed by atoms with E-state index in [0.717, 1.165) is 23.1 Å². The molecule has 1 aliphatic rings. The maximum atomic E-state index is 12.0. The van der Waals surface area contributed by atoms with Crippen LogP contribution in [-0.2, 0) is 21.6 Å². The van der Waals surface area contributed by atoms with Crippen LogP contribution in [0.25, 0.3) is 0 Å². The Bertz CT molecular complexity index is 770. The highest BCUT2D eigenvalue weighted by molar-refractivity contribution is 6.39. The molecule has 3 N–H and O–H groups in total. The molecule has 24 heavy (non-hydrogen) atoms. The number of nitrogens with one attached hydrogen (secondary N) is 2. The van der Waals surface area contributed by atoms with Gasteiger partial charge in [0.15, 0.2) is 0 Å². The molecule has 0 fully saturated rings. The van der Waals surface area contributed by atoms with Gasteiger partial charge in [0.2, 0.25) is 0 Å². The second kappa shape index (κ2) is 6.45. The zero-order chi connectivity index (χ0) is 17.2. The molecular formula is C19H20N2O3. The van der Waals surface area contributed by atoms with E-state index in [0.29, 0.717) is 12.1 Å². The lowest BCUT2D eigenvalue weighted by atomic mass is 9.96. The first-order chi connectivity index (χ1) is 11.5. The lowest BCUT2D eigenvalue weighted by molar-refractivity contribution is -0.136. The van der Waals surface area contributed by atoms with Crippen LogP contribution in [0.5, 0.6) is 0 Å². The van der Waals surface area contributed by atoms with Crippen molar-refractivity contribution < 1.29 is 14.7 Å². The van der Waals surface area contributed by atoms with Crippen molar-refractivity contribution >= 4 is 17.5 Å². The lowest BCUT2D eigenvalue weighted by Crippen LogP contribution is -2.43. The standard InChI is InChI=1S/C19H20N2O3/c1-13-6-8-15(9-7-13)21-18(23)17(22)20-12-19(24)11-10-14-4-2-3-5-16(14)19/h2-9,24H,10-12H2,1H3,(H,20,22)(H,21,23). The molecule has 2 aromatic carbocycles. The molecule has 124 valence electrons. The molecule has 0 saturated carbocycles. The van der Waals surface area contributed by atoms with Crippen LogP contribution in [0.1, 0.15) is 23.1 Å². The Balaban J connectivity index is 1.59. The van der Waals surface area contributed by atoms with Gasteiger partial charge in [0.25, 0.3) is 0 Å². The quantitative estimate of drug-likeness (QED) is 0.754. The summed E-state index contributed by atoms with van der Waals surface area (Å²) in [6.07, 6.45) is 1.30. The molecule has 1 aliphatic carbocycles. The molecule has 1 unspecified atom stereocenters. The summed E-state index contributed by atoms with van der Waals surface area (Å²) in [5.74, 6) is -1.50. The monoisotopic (exact) mass is 324 g/mol. The van der Waals surface area contributed by atoms with Crippen molar-refractivity contribution in [3.63, 3.8) is 0 Å². The molecule has 0 aromatic heterocycles. The van der Waals surface area contributed by atoms with Gasteiger partial charge in [0.1, 0.15) is 5.60 Å². The van der Waals surface area contributed by atoms with E-state index in [2.05, 4.69) is 10.6 Å². The maximum absolute atomic E-state index is 12.0. The molecule has 2 aromatic rings. The van der Waals surface area contributed by atoms with Crippen LogP contribution in [0.3, 0.4) is 0 Å². The number of aryl methyl sites for hydroxylation is 2. The summed E-state index contributed by atoms with van der Waals surface area (Å²) in [6, 6.07) is 14.8. The summed E-state index contributed by atoms with van der Waals surface area (Å²) >= 11 is 0. The number of aliphatic hydroxyl groups is 1. The highest BCUT2D eigenvalue weighted by Crippen LogP contribution is 2.36. The molecule has 0 aliphatic heterocycles. The number of amides is 2. The van der Waals surface area contributed by atoms with Crippen LogP contribution in [0.15, 0.2) is 48.5 Å². The molecule has 5 nitrogen and oxygen atoms in total. The van der Waals surface area contributed by atoms with Crippen LogP contribution < -0.4 is 10.6 Å². The summed E-state index contributed by atoms with van der Waals surface area (Å²) < 4.78 is 0. The zero-order valence-corrected chi connectivity index (χ0v) is 13.5. The summed E-state index contributed by atoms with van der Waals surface area (Å²) in [7, 11) is 0. The van der Waals surface area contributed by atoms with Crippen LogP contribution >= 0.6 is 0 Å². The van der Waals surface area contributed by atoms with Gasteiger partial charge >= 0.3 is 11.8 Å². The Morgan fingerprint density at radius 1 is 1.08 bits per heavy atom. The second-order valence-electron chi connectivity index (χ2n) is 6.19. The van der Waals surface area contributed by atoms with E-state index < -0.39 is 17.4 Å². The van der Waals surface area contributed by atoms with E-state index in [1.54, 1.807) is 12.1 Å². The minimum Gasteiger partial charge on any atom is -0.383 e. The number of anilines is 1. The van der Waals surface area contributed by atoms with Gasteiger partial charge in [-0.2, -0.15) is 0 Å². The molecule has 0 saturated heterocycles. The van der Waals surface area contributed by atoms with E-state index in [1.165, 1.54) is 0 Å². The van der Waals surface area contributed by atoms with Crippen molar-refractivity contribution in [2.75, 3.05) is 11.9 Å². The highest BCUT2D eigenvalue weighted by Gasteiger charge is 2.37. The van der Waals surface area contributed by atoms with E-state index in [1.807, 2.05) is 43.3 Å². The SMILES string of the molecule is Cc1ccc(NC(=O)C(=O)NCC2(O)CCc3ccccc32)cc1. The number of benzene rings is 2. The molecular weight excluding hydrogens is 304 g/mol. The van der Waals surface area contributed by atoms with Crippen molar-refractivity contribution in [1.82, 2.24) is 5.32 Å². The predicted octanol–water partition coefficient (Wildman–Crippen LogP) is 1.88. The highest BCUT2D eigenvalue weighted by atomic mass is 16.3.